The SMILES string of the molecule is CCCN(CC(=O)N(CCCNC(=O)CCCOc1cccc(-c2nc3ccc(-c4nc5cc(N6CCN(C)CC6)ccc5[nH]4)cc3[nH]2)c1)CC(N)=O)C(=O)CN(CCO)C(=O)CN(CCN)C(=O)CN(CCN1CCOCC1)C(=O)CCCOc1cccc(-c2nc3ccc(-c4nc5cc(N6CCN(C)CC6)ccc5[nH]4)cc3[nH]2)c1. The molecule has 0 saturated carbocycles. The zero-order chi connectivity index (χ0) is 81.0. The molecule has 3 aliphatic heterocycles. The van der Waals surface area contributed by atoms with Crippen molar-refractivity contribution in [1.29, 1.82) is 0 Å². The van der Waals surface area contributed by atoms with E-state index in [2.05, 4.69) is 100 Å². The molecule has 0 spiro atoms. The number of ether oxygens (including phenoxy) is 3. The number of aromatic nitrogens is 8. The molecule has 10 aromatic rings. The number of nitrogens with two attached hydrogens (primary N) is 2. The van der Waals surface area contributed by atoms with Crippen molar-refractivity contribution >= 4 is 96.9 Å². The number of nitrogens with one attached hydrogen (secondary N) is 5. The number of aliphatic hydroxyl groups is 1. The van der Waals surface area contributed by atoms with E-state index in [-0.39, 0.29) is 96.6 Å². The number of hydrogen-bond acceptors (Lipinski definition) is 21. The number of primary amides is 1. The fraction of sp³-hybridized carbons (Fsp3) is 0.440. The van der Waals surface area contributed by atoms with Gasteiger partial charge in [-0.1, -0.05) is 31.2 Å². The molecule has 0 atom stereocenters. The van der Waals surface area contributed by atoms with Gasteiger partial charge in [-0.25, -0.2) is 19.9 Å². The first-order valence-corrected chi connectivity index (χ1v) is 40.3. The third kappa shape index (κ3) is 21.9. The van der Waals surface area contributed by atoms with Crippen molar-refractivity contribution in [3.8, 4) is 57.1 Å². The predicted molar refractivity (Wildman–Crippen MR) is 446 cm³/mol. The number of piperazine rings is 2. The lowest BCUT2D eigenvalue weighted by atomic mass is 10.2. The summed E-state index contributed by atoms with van der Waals surface area (Å²) in [4.78, 5) is 148. The topological polar surface area (TPSA) is 379 Å². The number of likely N-dealkylation sites (N-methyl/N-ethyl adjacent to an activating group) is 2. The lowest BCUT2D eigenvalue weighted by Gasteiger charge is -2.34. The first-order valence-electron chi connectivity index (χ1n) is 40.3. The van der Waals surface area contributed by atoms with Gasteiger partial charge in [-0.2, -0.15) is 0 Å². The molecule has 0 bridgehead atoms. The Kier molecular flexibility index (Phi) is 28.2. The van der Waals surface area contributed by atoms with E-state index < -0.39 is 62.3 Å². The number of aliphatic hydroxyl groups excluding tert-OH is 1. The molecular formula is C84H107N21O11. The molecule has 0 radical (unpaired) electrons. The zero-order valence-electron chi connectivity index (χ0n) is 66.5. The fourth-order valence-corrected chi connectivity index (χ4v) is 14.8. The number of benzene rings is 6. The molecule has 32 heteroatoms. The number of carbonyl (C=O) groups is 7. The highest BCUT2D eigenvalue weighted by Gasteiger charge is 2.30. The van der Waals surface area contributed by atoms with Crippen LogP contribution in [0.2, 0.25) is 0 Å². The molecule has 10 N–H and O–H groups in total. The van der Waals surface area contributed by atoms with Crippen LogP contribution in [0.15, 0.2) is 121 Å². The Morgan fingerprint density at radius 2 is 0.922 bits per heavy atom. The molecular weight excluding hydrogens is 1480 g/mol. The van der Waals surface area contributed by atoms with Crippen LogP contribution >= 0.6 is 0 Å². The van der Waals surface area contributed by atoms with Crippen LogP contribution in [0, 0.1) is 0 Å². The summed E-state index contributed by atoms with van der Waals surface area (Å²) >= 11 is 0. The summed E-state index contributed by atoms with van der Waals surface area (Å²) in [6.45, 7) is 10.4. The summed E-state index contributed by atoms with van der Waals surface area (Å²) in [5.74, 6) is 0.338. The Bertz CT molecular complexity index is 5040. The van der Waals surface area contributed by atoms with Crippen molar-refractivity contribution in [1.82, 2.24) is 84.4 Å². The normalized spacial score (nSPS) is 14.4. The molecule has 6 aromatic carbocycles. The second kappa shape index (κ2) is 39.7. The molecule has 614 valence electrons. The summed E-state index contributed by atoms with van der Waals surface area (Å²) in [5, 5.41) is 13.1. The first-order chi connectivity index (χ1) is 56.4. The number of rotatable bonds is 39. The Balaban J connectivity index is 0.548. The van der Waals surface area contributed by atoms with Crippen molar-refractivity contribution in [2.24, 2.45) is 11.5 Å². The largest absolute Gasteiger partial charge is 0.494 e. The Hall–Kier alpha value is -11.6. The molecule has 7 heterocycles. The minimum atomic E-state index is -0.779. The van der Waals surface area contributed by atoms with Gasteiger partial charge in [-0.05, 0) is 137 Å². The maximum Gasteiger partial charge on any atom is 0.242 e. The van der Waals surface area contributed by atoms with Crippen LogP contribution in [0.4, 0.5) is 11.4 Å². The van der Waals surface area contributed by atoms with Crippen LogP contribution in [0.5, 0.6) is 11.5 Å². The van der Waals surface area contributed by atoms with Crippen molar-refractivity contribution in [3.05, 3.63) is 121 Å². The van der Waals surface area contributed by atoms with Gasteiger partial charge < -0.3 is 100 Å². The van der Waals surface area contributed by atoms with Gasteiger partial charge in [0.25, 0.3) is 0 Å². The standard InChI is InChI=1S/C84H107N21O11/c1-4-26-101(54-78(111)102(53-74(86)107)27-9-25-87-75(108)14-7-43-115-64-12-5-10-58(47-64)81-88-66-20-16-60(49-70(66)92-81)83-90-68-22-18-62(51-72(68)94-83)99-34-29-96(2)30-35-99)77(110)57-105(39-42-106)80(113)55-103(28-24-85)79(112)56-104(38-33-98-40-45-114-46-41-98)76(109)15-8-44-116-65-13-6-11-59(48-65)82-89-67-21-17-61(50-71(67)93-82)84-91-69-23-19-63(52-73(69)95-84)100-36-31-97(3)32-37-100/h5-6,10-13,16-23,47-52,106H,4,7-9,14-15,24-46,53-57,85H2,1-3H3,(H2,86,107)(H,87,108)(H,88,92)(H,89,93)(H,90,94)(H,91,95). The minimum absolute atomic E-state index is 0.0228. The third-order valence-electron chi connectivity index (χ3n) is 21.4. The number of aromatic amines is 4. The van der Waals surface area contributed by atoms with Crippen LogP contribution < -0.4 is 36.1 Å². The van der Waals surface area contributed by atoms with Crippen LogP contribution in [-0.2, 0) is 38.3 Å². The number of imidazole rings is 4. The van der Waals surface area contributed by atoms with Crippen molar-refractivity contribution in [3.63, 3.8) is 0 Å². The Morgan fingerprint density at radius 3 is 1.41 bits per heavy atom. The van der Waals surface area contributed by atoms with E-state index in [1.807, 2.05) is 91.9 Å². The Labute approximate surface area is 673 Å². The Morgan fingerprint density at radius 1 is 0.474 bits per heavy atom. The van der Waals surface area contributed by atoms with Gasteiger partial charge in [-0.3, -0.25) is 38.5 Å². The number of carbonyl (C=O) groups excluding carboxylic acids is 7. The van der Waals surface area contributed by atoms with Gasteiger partial charge in [0.15, 0.2) is 0 Å². The van der Waals surface area contributed by atoms with Gasteiger partial charge in [0.1, 0.15) is 34.8 Å². The molecule has 7 amide bonds. The van der Waals surface area contributed by atoms with E-state index in [4.69, 9.17) is 45.6 Å². The van der Waals surface area contributed by atoms with E-state index in [1.54, 1.807) is 0 Å². The predicted octanol–water partition coefficient (Wildman–Crippen LogP) is 5.21. The maximum absolute atomic E-state index is 14.4. The van der Waals surface area contributed by atoms with Gasteiger partial charge in [0.05, 0.1) is 110 Å². The first kappa shape index (κ1) is 82.4. The maximum atomic E-state index is 14.4. The second-order valence-corrected chi connectivity index (χ2v) is 30.0. The van der Waals surface area contributed by atoms with Crippen LogP contribution in [0.3, 0.4) is 0 Å². The molecule has 3 fully saturated rings. The molecule has 0 unspecified atom stereocenters. The van der Waals surface area contributed by atoms with E-state index in [1.165, 1.54) is 31.0 Å². The quantitative estimate of drug-likeness (QED) is 0.0229. The fourth-order valence-electron chi connectivity index (χ4n) is 14.8. The number of nitrogens with zero attached hydrogens (tertiary/aromatic N) is 14. The number of morpholine rings is 1. The van der Waals surface area contributed by atoms with Crippen LogP contribution in [0.25, 0.3) is 89.7 Å². The zero-order valence-corrected chi connectivity index (χ0v) is 66.5. The molecule has 4 aromatic heterocycles. The van der Waals surface area contributed by atoms with Gasteiger partial charge in [-0.15, -0.1) is 0 Å². The molecule has 116 heavy (non-hydrogen) atoms. The number of amides is 7. The minimum Gasteiger partial charge on any atom is -0.494 e. The number of hydrogen-bond donors (Lipinski definition) is 8. The molecule has 0 aliphatic carbocycles. The second-order valence-electron chi connectivity index (χ2n) is 30.0. The molecule has 3 aliphatic rings. The van der Waals surface area contributed by atoms with Gasteiger partial charge >= 0.3 is 0 Å². The lowest BCUT2D eigenvalue weighted by molar-refractivity contribution is -0.147. The summed E-state index contributed by atoms with van der Waals surface area (Å²) in [7, 11) is 4.30. The van der Waals surface area contributed by atoms with Gasteiger partial charge in [0.2, 0.25) is 41.4 Å². The highest BCUT2D eigenvalue weighted by Crippen LogP contribution is 2.33. The van der Waals surface area contributed by atoms with Crippen molar-refractivity contribution in [2.45, 2.75) is 45.4 Å². The summed E-state index contributed by atoms with van der Waals surface area (Å²) < 4.78 is 17.9. The summed E-state index contributed by atoms with van der Waals surface area (Å²) in [5.41, 5.74) is 24.5. The highest BCUT2D eigenvalue weighted by atomic mass is 16.5. The molecule has 32 nitrogen and oxygen atoms in total. The average Bonchev–Trinajstić information content (AvgIpc) is 1.64. The summed E-state index contributed by atoms with van der Waals surface area (Å²) in [6.07, 6.45) is 1.65. The third-order valence-corrected chi connectivity index (χ3v) is 21.4. The number of anilines is 2. The monoisotopic (exact) mass is 1590 g/mol. The number of H-pyrrole nitrogens is 4. The van der Waals surface area contributed by atoms with Crippen molar-refractivity contribution < 1.29 is 52.9 Å². The smallest absolute Gasteiger partial charge is 0.242 e. The average molecular weight is 1590 g/mol. The molecule has 13 rings (SSSR count). The number of fused-ring (bicyclic) bond motifs is 4. The van der Waals surface area contributed by atoms with Crippen LogP contribution in [0.1, 0.15) is 45.4 Å². The summed E-state index contributed by atoms with van der Waals surface area (Å²) in [6, 6.07) is 40.0. The highest BCUT2D eigenvalue weighted by molar-refractivity contribution is 5.93. The van der Waals surface area contributed by atoms with E-state index in [0.717, 1.165) is 135 Å². The van der Waals surface area contributed by atoms with Crippen LogP contribution in [-0.4, -0.2) is 323 Å². The molecule has 3 saturated heterocycles. The van der Waals surface area contributed by atoms with Gasteiger partial charge in [0, 0.05) is 164 Å². The van der Waals surface area contributed by atoms with E-state index >= 15 is 0 Å². The van der Waals surface area contributed by atoms with E-state index in [9.17, 15) is 38.7 Å². The lowest BCUT2D eigenvalue weighted by Crippen LogP contribution is -2.52. The van der Waals surface area contributed by atoms with E-state index in [0.29, 0.717) is 75.3 Å². The van der Waals surface area contributed by atoms with Crippen molar-refractivity contribution in [2.75, 3.05) is 207 Å².